The van der Waals surface area contributed by atoms with Gasteiger partial charge in [-0.25, -0.2) is 18.2 Å². The number of aliphatic hydroxyl groups excluding tert-OH is 1. The summed E-state index contributed by atoms with van der Waals surface area (Å²) in [5, 5.41) is 22.6. The zero-order valence-electron chi connectivity index (χ0n) is 19.6. The lowest BCUT2D eigenvalue weighted by atomic mass is 10.0. The van der Waals surface area contributed by atoms with Crippen LogP contribution in [0, 0.1) is 0 Å². The van der Waals surface area contributed by atoms with Gasteiger partial charge in [0.05, 0.1) is 22.3 Å². The van der Waals surface area contributed by atoms with Gasteiger partial charge in [-0.05, 0) is 36.6 Å². The van der Waals surface area contributed by atoms with Crippen molar-refractivity contribution >= 4 is 48.9 Å². The summed E-state index contributed by atoms with van der Waals surface area (Å²) in [5.41, 5.74) is 4.84. The number of rotatable bonds is 7. The van der Waals surface area contributed by atoms with Crippen molar-refractivity contribution in [2.75, 3.05) is 36.5 Å². The average Bonchev–Trinajstić information content (AvgIpc) is 3.18. The Bertz CT molecular complexity index is 1420. The SMILES string of the molecule is CS(=O)(=O)c1ccc(C(O)CNC2CCN(c3cc(C(F)(F)F)c4c(N)c(C(=O)O)sc4n3)CC2)cc1. The molecule has 1 atom stereocenters. The third kappa shape index (κ3) is 5.81. The molecule has 0 spiro atoms. The number of sulfone groups is 1. The van der Waals surface area contributed by atoms with Gasteiger partial charge in [-0.1, -0.05) is 12.1 Å². The Kier molecular flexibility index (Phi) is 7.38. The van der Waals surface area contributed by atoms with Crippen molar-refractivity contribution in [2.24, 2.45) is 0 Å². The first-order chi connectivity index (χ1) is 17.3. The van der Waals surface area contributed by atoms with Crippen LogP contribution in [0.15, 0.2) is 35.2 Å². The van der Waals surface area contributed by atoms with Crippen molar-refractivity contribution in [3.8, 4) is 0 Å². The van der Waals surface area contributed by atoms with Gasteiger partial charge in [0.25, 0.3) is 0 Å². The lowest BCUT2D eigenvalue weighted by Gasteiger charge is -2.34. The quantitative estimate of drug-likeness (QED) is 0.343. The van der Waals surface area contributed by atoms with E-state index >= 15 is 0 Å². The number of nitrogen functional groups attached to an aromatic ring is 1. The number of alkyl halides is 3. The van der Waals surface area contributed by atoms with Crippen LogP contribution in [-0.2, 0) is 16.0 Å². The number of nitrogens with zero attached hydrogens (tertiary/aromatic N) is 2. The van der Waals surface area contributed by atoms with E-state index in [0.29, 0.717) is 42.8 Å². The molecule has 37 heavy (non-hydrogen) atoms. The minimum Gasteiger partial charge on any atom is -0.477 e. The molecule has 1 unspecified atom stereocenters. The van der Waals surface area contributed by atoms with E-state index in [4.69, 9.17) is 5.73 Å². The van der Waals surface area contributed by atoms with Gasteiger partial charge in [-0.2, -0.15) is 13.2 Å². The van der Waals surface area contributed by atoms with Gasteiger partial charge in [-0.3, -0.25) is 0 Å². The molecule has 5 N–H and O–H groups in total. The fourth-order valence-corrected chi connectivity index (χ4v) is 5.88. The molecule has 0 amide bonds. The van der Waals surface area contributed by atoms with Gasteiger partial charge in [0.2, 0.25) is 0 Å². The van der Waals surface area contributed by atoms with Crippen LogP contribution in [0.2, 0.25) is 0 Å². The van der Waals surface area contributed by atoms with E-state index in [-0.39, 0.29) is 33.0 Å². The number of thiophene rings is 1. The molecule has 0 radical (unpaired) electrons. The van der Waals surface area contributed by atoms with Gasteiger partial charge in [0.1, 0.15) is 15.5 Å². The lowest BCUT2D eigenvalue weighted by molar-refractivity contribution is -0.136. The number of benzene rings is 1. The predicted octanol–water partition coefficient (Wildman–Crippen LogP) is 3.29. The number of carboxylic acids is 1. The molecule has 1 aliphatic rings. The number of hydrogen-bond donors (Lipinski definition) is 4. The van der Waals surface area contributed by atoms with Gasteiger partial charge < -0.3 is 26.2 Å². The van der Waals surface area contributed by atoms with Crippen LogP contribution in [0.5, 0.6) is 0 Å². The van der Waals surface area contributed by atoms with Gasteiger partial charge in [0.15, 0.2) is 9.84 Å². The monoisotopic (exact) mass is 558 g/mol. The summed E-state index contributed by atoms with van der Waals surface area (Å²) in [7, 11) is -3.33. The Morgan fingerprint density at radius 1 is 1.27 bits per heavy atom. The van der Waals surface area contributed by atoms with Crippen LogP contribution in [0.3, 0.4) is 0 Å². The number of piperidine rings is 1. The van der Waals surface area contributed by atoms with Crippen LogP contribution >= 0.6 is 11.3 Å². The number of nitrogens with two attached hydrogens (primary N) is 1. The molecule has 200 valence electrons. The highest BCUT2D eigenvalue weighted by Crippen LogP contribution is 2.43. The minimum absolute atomic E-state index is 0.00278. The van der Waals surface area contributed by atoms with E-state index < -0.39 is 44.7 Å². The van der Waals surface area contributed by atoms with Crippen molar-refractivity contribution < 1.29 is 36.6 Å². The van der Waals surface area contributed by atoms with E-state index in [2.05, 4.69) is 10.3 Å². The summed E-state index contributed by atoms with van der Waals surface area (Å²) in [4.78, 5) is 17.1. The first-order valence-electron chi connectivity index (χ1n) is 11.3. The number of fused-ring (bicyclic) bond motifs is 1. The standard InChI is InChI=1S/C23H25F3N4O5S2/c1-37(34,35)14-4-2-12(3-5-14)16(31)11-28-13-6-8-30(9-7-13)17-10-15(23(24,25)26)18-19(27)20(22(32)33)36-21(18)29-17/h2-5,10,13,16,28,31H,6-9,11,27H2,1H3,(H,32,33). The molecule has 1 fully saturated rings. The third-order valence-corrected chi connectivity index (χ3v) is 8.51. The number of hydrogen-bond acceptors (Lipinski definition) is 9. The number of pyridine rings is 1. The Balaban J connectivity index is 1.43. The van der Waals surface area contributed by atoms with Crippen molar-refractivity contribution in [1.29, 1.82) is 0 Å². The maximum absolute atomic E-state index is 13.8. The summed E-state index contributed by atoms with van der Waals surface area (Å²) in [6.45, 7) is 1.02. The highest BCUT2D eigenvalue weighted by atomic mass is 32.2. The highest BCUT2D eigenvalue weighted by molar-refractivity contribution is 7.90. The molecule has 14 heteroatoms. The fraction of sp³-hybridized carbons (Fsp3) is 0.391. The molecule has 3 heterocycles. The molecule has 0 saturated carbocycles. The first-order valence-corrected chi connectivity index (χ1v) is 14.0. The Labute approximate surface area is 214 Å². The molecule has 3 aromatic rings. The van der Waals surface area contributed by atoms with Crippen molar-refractivity contribution in [3.63, 3.8) is 0 Å². The van der Waals surface area contributed by atoms with Gasteiger partial charge >= 0.3 is 12.1 Å². The number of aliphatic hydroxyl groups is 1. The summed E-state index contributed by atoms with van der Waals surface area (Å²) < 4.78 is 64.6. The van der Waals surface area contributed by atoms with Gasteiger partial charge in [0, 0.05) is 37.3 Å². The summed E-state index contributed by atoms with van der Waals surface area (Å²) in [5.74, 6) is -1.31. The normalized spacial score (nSPS) is 16.3. The van der Waals surface area contributed by atoms with E-state index in [9.17, 15) is 36.6 Å². The smallest absolute Gasteiger partial charge is 0.417 e. The van der Waals surface area contributed by atoms with Crippen LogP contribution in [-0.4, -0.2) is 61.5 Å². The number of halogens is 3. The zero-order chi connectivity index (χ0) is 27.1. The number of aromatic nitrogens is 1. The Morgan fingerprint density at radius 3 is 2.43 bits per heavy atom. The minimum atomic E-state index is -4.74. The highest BCUT2D eigenvalue weighted by Gasteiger charge is 2.37. The first kappa shape index (κ1) is 27.1. The molecule has 1 aromatic carbocycles. The lowest BCUT2D eigenvalue weighted by Crippen LogP contribution is -2.44. The third-order valence-electron chi connectivity index (χ3n) is 6.30. The van der Waals surface area contributed by atoms with Crippen LogP contribution < -0.4 is 16.0 Å². The Morgan fingerprint density at radius 2 is 1.89 bits per heavy atom. The van der Waals surface area contributed by atoms with Gasteiger partial charge in [-0.15, -0.1) is 11.3 Å². The largest absolute Gasteiger partial charge is 0.477 e. The second-order valence-corrected chi connectivity index (χ2v) is 11.9. The average molecular weight is 559 g/mol. The number of aromatic carboxylic acids is 1. The number of nitrogens with one attached hydrogen (secondary N) is 1. The predicted molar refractivity (Wildman–Crippen MR) is 134 cm³/mol. The molecule has 0 aliphatic carbocycles. The maximum Gasteiger partial charge on any atom is 0.417 e. The summed E-state index contributed by atoms with van der Waals surface area (Å²) >= 11 is 0.616. The number of carbonyl (C=O) groups is 1. The van der Waals surface area contributed by atoms with E-state index in [0.717, 1.165) is 12.3 Å². The molecular formula is C23H25F3N4O5S2. The maximum atomic E-state index is 13.8. The molecule has 1 saturated heterocycles. The van der Waals surface area contributed by atoms with E-state index in [1.807, 2.05) is 0 Å². The number of carboxylic acid groups (broad SMARTS) is 1. The van der Waals surface area contributed by atoms with Crippen LogP contribution in [0.25, 0.3) is 10.2 Å². The van der Waals surface area contributed by atoms with Crippen molar-refractivity contribution in [1.82, 2.24) is 10.3 Å². The van der Waals surface area contributed by atoms with E-state index in [1.165, 1.54) is 12.1 Å². The molecular weight excluding hydrogens is 533 g/mol. The molecule has 9 nitrogen and oxygen atoms in total. The molecule has 4 rings (SSSR count). The van der Waals surface area contributed by atoms with Crippen LogP contribution in [0.4, 0.5) is 24.7 Å². The van der Waals surface area contributed by atoms with Crippen molar-refractivity contribution in [3.05, 3.63) is 46.3 Å². The Hall–Kier alpha value is -2.94. The second kappa shape index (κ2) is 10.1. The van der Waals surface area contributed by atoms with Crippen molar-refractivity contribution in [2.45, 2.75) is 36.1 Å². The fourth-order valence-electron chi connectivity index (χ4n) is 4.30. The molecule has 2 aromatic heterocycles. The van der Waals surface area contributed by atoms with E-state index in [1.54, 1.807) is 17.0 Å². The van der Waals surface area contributed by atoms with Crippen LogP contribution in [0.1, 0.15) is 39.7 Å². The second-order valence-electron chi connectivity index (χ2n) is 8.88. The molecule has 1 aliphatic heterocycles. The zero-order valence-corrected chi connectivity index (χ0v) is 21.3. The topological polar surface area (TPSA) is 146 Å². The number of anilines is 2. The summed E-state index contributed by atoms with van der Waals surface area (Å²) in [6, 6.07) is 6.90. The molecule has 0 bridgehead atoms. The summed E-state index contributed by atoms with van der Waals surface area (Å²) in [6.07, 6.45) is -3.34.